The summed E-state index contributed by atoms with van der Waals surface area (Å²) >= 11 is 0. The van der Waals surface area contributed by atoms with Crippen molar-refractivity contribution in [3.05, 3.63) is 53.6 Å². The van der Waals surface area contributed by atoms with Crippen molar-refractivity contribution < 1.29 is 104 Å². The number of rotatable bonds is 14. The van der Waals surface area contributed by atoms with Gasteiger partial charge in [-0.15, -0.1) is 0 Å². The molecular weight excluding hydrogens is 780 g/mol. The molecule has 5 rings (SSSR count). The van der Waals surface area contributed by atoms with Crippen LogP contribution in [0.25, 0.3) is 6.08 Å². The molecule has 0 bridgehead atoms. The number of esters is 2. The zero-order valence-electron chi connectivity index (χ0n) is 31.1. The third-order valence-electron chi connectivity index (χ3n) is 9.67. The van der Waals surface area contributed by atoms with Crippen molar-refractivity contribution in [2.75, 3.05) is 19.8 Å². The van der Waals surface area contributed by atoms with E-state index in [0.717, 1.165) is 19.1 Å². The highest BCUT2D eigenvalue weighted by Crippen LogP contribution is 2.36. The molecule has 0 radical (unpaired) electrons. The molecule has 3 aliphatic heterocycles. The summed E-state index contributed by atoms with van der Waals surface area (Å²) in [6.45, 7) is 0.330. The molecule has 3 aliphatic rings. The molecule has 0 aromatic heterocycles. The number of benzene rings is 2. The summed E-state index contributed by atoms with van der Waals surface area (Å²) in [6, 6.07) is 7.57. The Labute approximate surface area is 330 Å². The number of hydrogen-bond acceptors (Lipinski definition) is 21. The van der Waals surface area contributed by atoms with Crippen LogP contribution in [0.5, 0.6) is 23.0 Å². The molecule has 2 aromatic carbocycles. The van der Waals surface area contributed by atoms with Gasteiger partial charge in [0, 0.05) is 13.0 Å². The molecule has 2 aromatic rings. The highest BCUT2D eigenvalue weighted by molar-refractivity contribution is 5.87. The van der Waals surface area contributed by atoms with Crippen LogP contribution in [-0.4, -0.2) is 180 Å². The Balaban J connectivity index is 1.55. The first kappa shape index (κ1) is 44.9. The first-order valence-electron chi connectivity index (χ1n) is 18.1. The average molecular weight is 829 g/mol. The van der Waals surface area contributed by atoms with E-state index in [1.807, 2.05) is 0 Å². The minimum atomic E-state index is -1.99. The quantitative estimate of drug-likeness (QED) is 0.0527. The SMILES string of the molecule is CC(=O)OCC1OC(COCc2ccc(O)c(O)c2)C(OC2OC(CO)C(O)C(O)C2O)C(OC2OC(C)C(O)C(O)C2O)C1OC(=O)C=Cc1ccc(O)c(O)c1. The van der Waals surface area contributed by atoms with Crippen molar-refractivity contribution in [2.24, 2.45) is 0 Å². The van der Waals surface area contributed by atoms with Gasteiger partial charge >= 0.3 is 11.9 Å². The van der Waals surface area contributed by atoms with Crippen molar-refractivity contribution in [3.63, 3.8) is 0 Å². The largest absolute Gasteiger partial charge is 0.504 e. The lowest BCUT2D eigenvalue weighted by atomic mass is 9.93. The second-order valence-electron chi connectivity index (χ2n) is 13.9. The molecule has 0 aliphatic carbocycles. The van der Waals surface area contributed by atoms with E-state index in [-0.39, 0.29) is 12.2 Å². The van der Waals surface area contributed by atoms with Crippen LogP contribution in [0.15, 0.2) is 42.5 Å². The van der Waals surface area contributed by atoms with Gasteiger partial charge < -0.3 is 94.1 Å². The fraction of sp³-hybridized carbons (Fsp3) is 0.568. The Hall–Kier alpha value is -4.20. The fourth-order valence-corrected chi connectivity index (χ4v) is 6.47. The van der Waals surface area contributed by atoms with Crippen LogP contribution in [0.3, 0.4) is 0 Å². The maximum Gasteiger partial charge on any atom is 0.331 e. The predicted octanol–water partition coefficient (Wildman–Crippen LogP) is -2.62. The van der Waals surface area contributed by atoms with Crippen LogP contribution in [0.4, 0.5) is 0 Å². The second-order valence-corrected chi connectivity index (χ2v) is 13.9. The summed E-state index contributed by atoms with van der Waals surface area (Å²) in [7, 11) is 0. The Kier molecular flexibility index (Phi) is 15.2. The lowest BCUT2D eigenvalue weighted by molar-refractivity contribution is -0.371. The number of aliphatic hydroxyl groups is 7. The third kappa shape index (κ3) is 10.7. The first-order valence-corrected chi connectivity index (χ1v) is 18.1. The van der Waals surface area contributed by atoms with Gasteiger partial charge in [-0.2, -0.15) is 0 Å². The van der Waals surface area contributed by atoms with Crippen LogP contribution in [0, 0.1) is 0 Å². The highest BCUT2D eigenvalue weighted by atomic mass is 16.8. The van der Waals surface area contributed by atoms with E-state index in [0.29, 0.717) is 5.56 Å². The predicted molar refractivity (Wildman–Crippen MR) is 189 cm³/mol. The Bertz CT molecular complexity index is 1720. The van der Waals surface area contributed by atoms with Gasteiger partial charge in [0.1, 0.15) is 73.8 Å². The van der Waals surface area contributed by atoms with E-state index < -0.39 is 147 Å². The molecule has 11 N–H and O–H groups in total. The van der Waals surface area contributed by atoms with Gasteiger partial charge in [0.05, 0.1) is 25.9 Å². The molecule has 3 saturated heterocycles. The van der Waals surface area contributed by atoms with Gasteiger partial charge in [0.2, 0.25) is 0 Å². The number of carbonyl (C=O) groups excluding carboxylic acids is 2. The molecule has 21 heteroatoms. The van der Waals surface area contributed by atoms with E-state index in [4.69, 9.17) is 37.9 Å². The topological polar surface area (TPSA) is 331 Å². The Morgan fingerprint density at radius 3 is 1.91 bits per heavy atom. The van der Waals surface area contributed by atoms with E-state index in [2.05, 4.69) is 0 Å². The van der Waals surface area contributed by atoms with Gasteiger partial charge in [0.15, 0.2) is 41.7 Å². The lowest BCUT2D eigenvalue weighted by Gasteiger charge is -2.49. The van der Waals surface area contributed by atoms with Crippen molar-refractivity contribution in [1.29, 1.82) is 0 Å². The van der Waals surface area contributed by atoms with Gasteiger partial charge in [-0.05, 0) is 48.4 Å². The van der Waals surface area contributed by atoms with Crippen molar-refractivity contribution >= 4 is 18.0 Å². The molecule has 0 amide bonds. The number of carbonyl (C=O) groups is 2. The molecule has 0 spiro atoms. The molecule has 0 saturated carbocycles. The van der Waals surface area contributed by atoms with Crippen LogP contribution in [0.1, 0.15) is 25.0 Å². The third-order valence-corrected chi connectivity index (χ3v) is 9.67. The summed E-state index contributed by atoms with van der Waals surface area (Å²) in [5, 5.41) is 113. The minimum absolute atomic E-state index is 0.220. The smallest absolute Gasteiger partial charge is 0.331 e. The Morgan fingerprint density at radius 2 is 1.28 bits per heavy atom. The lowest BCUT2D eigenvalue weighted by Crippen LogP contribution is -2.67. The first-order chi connectivity index (χ1) is 27.5. The molecule has 15 unspecified atom stereocenters. The maximum absolute atomic E-state index is 13.5. The number of phenols is 4. The number of ether oxygens (including phenoxy) is 8. The van der Waals surface area contributed by atoms with Crippen LogP contribution in [-0.2, 0) is 54.1 Å². The monoisotopic (exact) mass is 828 g/mol. The average Bonchev–Trinajstić information content (AvgIpc) is 3.18. The van der Waals surface area contributed by atoms with E-state index >= 15 is 0 Å². The number of aliphatic hydroxyl groups excluding tert-OH is 7. The molecule has 3 fully saturated rings. The van der Waals surface area contributed by atoms with Gasteiger partial charge in [-0.25, -0.2) is 4.79 Å². The Morgan fingerprint density at radius 1 is 0.672 bits per heavy atom. The van der Waals surface area contributed by atoms with Crippen molar-refractivity contribution in [3.8, 4) is 23.0 Å². The molecule has 322 valence electrons. The summed E-state index contributed by atoms with van der Waals surface area (Å²) in [5.74, 6) is -3.61. The molecule has 15 atom stereocenters. The van der Waals surface area contributed by atoms with Gasteiger partial charge in [-0.3, -0.25) is 4.79 Å². The zero-order valence-corrected chi connectivity index (χ0v) is 31.1. The summed E-state index contributed by atoms with van der Waals surface area (Å²) in [4.78, 5) is 25.5. The molecular formula is C37H48O21. The zero-order chi connectivity index (χ0) is 42.4. The normalized spacial score (nSPS) is 35.4. The fourth-order valence-electron chi connectivity index (χ4n) is 6.47. The molecule has 3 heterocycles. The number of hydrogen-bond donors (Lipinski definition) is 11. The van der Waals surface area contributed by atoms with E-state index in [1.165, 1.54) is 43.3 Å². The van der Waals surface area contributed by atoms with Crippen LogP contribution < -0.4 is 0 Å². The van der Waals surface area contributed by atoms with Gasteiger partial charge in [-0.1, -0.05) is 12.1 Å². The van der Waals surface area contributed by atoms with E-state index in [1.54, 1.807) is 0 Å². The molecule has 58 heavy (non-hydrogen) atoms. The maximum atomic E-state index is 13.5. The van der Waals surface area contributed by atoms with E-state index in [9.17, 15) is 65.8 Å². The second kappa shape index (κ2) is 19.7. The van der Waals surface area contributed by atoms with Gasteiger partial charge in [0.25, 0.3) is 0 Å². The molecule has 21 nitrogen and oxygen atoms in total. The summed E-state index contributed by atoms with van der Waals surface area (Å²) < 4.78 is 46.9. The van der Waals surface area contributed by atoms with Crippen LogP contribution in [0.2, 0.25) is 0 Å². The van der Waals surface area contributed by atoms with Crippen LogP contribution >= 0.6 is 0 Å². The number of aromatic hydroxyl groups is 4. The number of phenolic OH excluding ortho intramolecular Hbond substituents is 4. The highest BCUT2D eigenvalue weighted by Gasteiger charge is 2.55. The standard InChI is InChI=1S/C37H48O21/c1-15-27(45)29(47)31(49)36(53-15)58-35-33(56-26(44)8-5-17-3-6-19(40)21(42)9-17)25(14-52-16(2)39)54-24(13-51-12-18-4-7-20(41)22(43)10-18)34(35)57-37-32(50)30(48)28(46)23(11-38)55-37/h3-10,15,23-25,27-38,40-43,45-50H,11-14H2,1-2H3. The minimum Gasteiger partial charge on any atom is -0.504 e. The summed E-state index contributed by atoms with van der Waals surface area (Å²) in [6.07, 6.45) is -23.1. The summed E-state index contributed by atoms with van der Waals surface area (Å²) in [5.41, 5.74) is 0.627. The van der Waals surface area contributed by atoms with Crippen molar-refractivity contribution in [1.82, 2.24) is 0 Å². The van der Waals surface area contributed by atoms with Crippen molar-refractivity contribution in [2.45, 2.75) is 112 Å².